The van der Waals surface area contributed by atoms with E-state index in [1.807, 2.05) is 25.2 Å². The van der Waals surface area contributed by atoms with Crippen molar-refractivity contribution in [3.63, 3.8) is 0 Å². The molecule has 36 heavy (non-hydrogen) atoms. The summed E-state index contributed by atoms with van der Waals surface area (Å²) in [6, 6.07) is 0. The summed E-state index contributed by atoms with van der Waals surface area (Å²) in [6.07, 6.45) is 6.97. The Morgan fingerprint density at radius 2 is 1.83 bits per heavy atom. The van der Waals surface area contributed by atoms with Crippen LogP contribution < -0.4 is 0 Å². The molecule has 1 aliphatic carbocycles. The van der Waals surface area contributed by atoms with E-state index in [1.54, 1.807) is 13.0 Å². The number of aliphatic hydroxyl groups excluding tert-OH is 4. The number of ether oxygens (including phenoxy) is 1. The summed E-state index contributed by atoms with van der Waals surface area (Å²) in [5, 5.41) is 38.6. The van der Waals surface area contributed by atoms with E-state index in [2.05, 4.69) is 32.9 Å². The minimum absolute atomic E-state index is 0.187. The Labute approximate surface area is 213 Å². The summed E-state index contributed by atoms with van der Waals surface area (Å²) >= 11 is 0. The van der Waals surface area contributed by atoms with Gasteiger partial charge < -0.3 is 30.1 Å². The Morgan fingerprint density at radius 1 is 1.14 bits per heavy atom. The van der Waals surface area contributed by atoms with Crippen LogP contribution in [0.25, 0.3) is 0 Å². The van der Waals surface area contributed by atoms with Gasteiger partial charge in [-0.25, -0.2) is 4.57 Å². The first-order valence-corrected chi connectivity index (χ1v) is 13.6. The molecule has 10 heteroatoms. The molecule has 0 aromatic carbocycles. The average molecular weight is 529 g/mol. The highest BCUT2D eigenvalue weighted by atomic mass is 31.2. The number of hydrogen-bond donors (Lipinski definition) is 5. The summed E-state index contributed by atoms with van der Waals surface area (Å²) in [6.45, 7) is 9.65. The number of phosphoric ester groups is 1. The Bertz CT molecular complexity index is 945. The third kappa shape index (κ3) is 8.87. The van der Waals surface area contributed by atoms with Crippen LogP contribution in [0.4, 0.5) is 0 Å². The molecule has 1 saturated heterocycles. The van der Waals surface area contributed by atoms with E-state index in [9.17, 15) is 29.9 Å². The van der Waals surface area contributed by atoms with Gasteiger partial charge in [-0.1, -0.05) is 67.0 Å². The first kappa shape index (κ1) is 30.8. The molecule has 0 radical (unpaired) electrons. The fraction of sp³-hybridized carbons (Fsp3) is 0.615. The molecule has 2 rings (SSSR count). The number of aliphatic hydroxyl groups is 4. The number of rotatable bonds is 10. The minimum atomic E-state index is -4.67. The molecule has 0 aromatic rings. The molecule has 0 bridgehead atoms. The molecular formula is C26H41O9P. The maximum atomic E-state index is 12.2. The Kier molecular flexibility index (Phi) is 11.5. The number of allylic oxidation sites excluding steroid dienone is 9. The zero-order valence-electron chi connectivity index (χ0n) is 21.7. The zero-order chi connectivity index (χ0) is 27.1. The van der Waals surface area contributed by atoms with Gasteiger partial charge in [0.05, 0.1) is 13.2 Å². The van der Waals surface area contributed by atoms with Crippen molar-refractivity contribution in [2.24, 2.45) is 5.41 Å². The molecule has 9 nitrogen and oxygen atoms in total. The van der Waals surface area contributed by atoms with E-state index in [-0.39, 0.29) is 12.0 Å². The second kappa shape index (κ2) is 13.4. The zero-order valence-corrected chi connectivity index (χ0v) is 22.6. The molecule has 1 aliphatic heterocycles. The van der Waals surface area contributed by atoms with Gasteiger partial charge in [0, 0.05) is 0 Å². The van der Waals surface area contributed by atoms with Crippen molar-refractivity contribution in [3.8, 4) is 0 Å². The quantitative estimate of drug-likeness (QED) is 0.213. The summed E-state index contributed by atoms with van der Waals surface area (Å²) in [5.74, 6) is 0. The standard InChI is InChI=1S/C26H41O9P/c1-17(11-12-20-19(3)10-7-14-26(20,4)5)8-6-9-18(2)13-15-33-36(31,32)35-25-24(30)23(29)22(28)21(16-27)34-25/h6,8-9,11-13,21-25,27-30H,7,10,14-16H2,1-5H3,(H,31,32)/b9-6+,12-11+,17-8+,18-13+/t21-,22-,23+,24+,25?/m1/s1. The van der Waals surface area contributed by atoms with E-state index in [1.165, 1.54) is 24.0 Å². The lowest BCUT2D eigenvalue weighted by atomic mass is 9.72. The van der Waals surface area contributed by atoms with Gasteiger partial charge in [-0.15, -0.1) is 0 Å². The lowest BCUT2D eigenvalue weighted by molar-refractivity contribution is -0.281. The molecular weight excluding hydrogens is 487 g/mol. The molecule has 6 atom stereocenters. The second-order valence-corrected chi connectivity index (χ2v) is 11.5. The lowest BCUT2D eigenvalue weighted by Gasteiger charge is -2.39. The van der Waals surface area contributed by atoms with Gasteiger partial charge >= 0.3 is 7.82 Å². The van der Waals surface area contributed by atoms with Crippen molar-refractivity contribution < 1.29 is 43.7 Å². The van der Waals surface area contributed by atoms with Crippen molar-refractivity contribution in [1.82, 2.24) is 0 Å². The lowest BCUT2D eigenvalue weighted by Crippen LogP contribution is -2.58. The van der Waals surface area contributed by atoms with Crippen LogP contribution in [0.5, 0.6) is 0 Å². The molecule has 2 unspecified atom stereocenters. The van der Waals surface area contributed by atoms with Crippen LogP contribution in [0, 0.1) is 5.41 Å². The average Bonchev–Trinajstić information content (AvgIpc) is 2.78. The molecule has 0 saturated carbocycles. The highest BCUT2D eigenvalue weighted by Crippen LogP contribution is 2.46. The van der Waals surface area contributed by atoms with E-state index < -0.39 is 45.1 Å². The summed E-state index contributed by atoms with van der Waals surface area (Å²) in [4.78, 5) is 9.92. The largest absolute Gasteiger partial charge is 0.474 e. The third-order valence-corrected chi connectivity index (χ3v) is 7.45. The van der Waals surface area contributed by atoms with E-state index in [0.29, 0.717) is 0 Å². The Balaban J connectivity index is 1.89. The van der Waals surface area contributed by atoms with Gasteiger partial charge in [-0.3, -0.25) is 9.05 Å². The molecule has 0 aromatic heterocycles. The second-order valence-electron chi connectivity index (χ2n) is 10.0. The number of hydrogen-bond acceptors (Lipinski definition) is 8. The van der Waals surface area contributed by atoms with Gasteiger partial charge in [0.2, 0.25) is 0 Å². The maximum absolute atomic E-state index is 12.2. The normalized spacial score (nSPS) is 31.9. The van der Waals surface area contributed by atoms with Crippen molar-refractivity contribution >= 4 is 7.82 Å². The summed E-state index contributed by atoms with van der Waals surface area (Å²) in [5.41, 5.74) is 4.90. The first-order valence-electron chi connectivity index (χ1n) is 12.1. The van der Waals surface area contributed by atoms with Crippen LogP contribution in [0.15, 0.2) is 58.7 Å². The maximum Gasteiger partial charge on any atom is 0.474 e. The van der Waals surface area contributed by atoms with Gasteiger partial charge in [0.1, 0.15) is 24.4 Å². The molecule has 1 heterocycles. The highest BCUT2D eigenvalue weighted by Gasteiger charge is 2.46. The smallest absolute Gasteiger partial charge is 0.394 e. The Hall–Kier alpha value is -1.39. The van der Waals surface area contributed by atoms with E-state index in [4.69, 9.17) is 13.8 Å². The third-order valence-electron chi connectivity index (χ3n) is 6.50. The van der Waals surface area contributed by atoms with E-state index >= 15 is 0 Å². The molecule has 5 N–H and O–H groups in total. The van der Waals surface area contributed by atoms with Crippen LogP contribution in [0.1, 0.15) is 53.9 Å². The molecule has 0 spiro atoms. The highest BCUT2D eigenvalue weighted by molar-refractivity contribution is 7.47. The van der Waals surface area contributed by atoms with Crippen LogP contribution in [-0.4, -0.2) is 69.2 Å². The van der Waals surface area contributed by atoms with E-state index in [0.717, 1.165) is 17.6 Å². The van der Waals surface area contributed by atoms with Crippen LogP contribution in [0.2, 0.25) is 0 Å². The van der Waals surface area contributed by atoms with Crippen molar-refractivity contribution in [2.75, 3.05) is 13.2 Å². The Morgan fingerprint density at radius 3 is 2.47 bits per heavy atom. The summed E-state index contributed by atoms with van der Waals surface area (Å²) in [7, 11) is -4.67. The predicted octanol–water partition coefficient (Wildman–Crippen LogP) is 3.45. The topological polar surface area (TPSA) is 146 Å². The minimum Gasteiger partial charge on any atom is -0.394 e. The van der Waals surface area contributed by atoms with Crippen LogP contribution >= 0.6 is 7.82 Å². The van der Waals surface area contributed by atoms with Gasteiger partial charge in [-0.2, -0.15) is 0 Å². The number of phosphoric acid groups is 1. The van der Waals surface area contributed by atoms with Crippen LogP contribution in [-0.2, 0) is 18.3 Å². The molecule has 204 valence electrons. The van der Waals surface area contributed by atoms with Crippen molar-refractivity contribution in [2.45, 2.75) is 84.6 Å². The van der Waals surface area contributed by atoms with Gasteiger partial charge in [0.25, 0.3) is 0 Å². The van der Waals surface area contributed by atoms with Gasteiger partial charge in [-0.05, 0) is 51.0 Å². The SMILES string of the molecule is CC1=C(/C=C/C(C)=C/C=C/C(C)=C/COP(=O)(O)OC2O[C@H](CO)[C@@H](O)[C@H](O)[C@@H]2O)C(C)(C)CCC1. The van der Waals surface area contributed by atoms with Gasteiger partial charge in [0.15, 0.2) is 6.29 Å². The van der Waals surface area contributed by atoms with Crippen molar-refractivity contribution in [3.05, 3.63) is 58.7 Å². The van der Waals surface area contributed by atoms with Crippen LogP contribution in [0.3, 0.4) is 0 Å². The molecule has 1 fully saturated rings. The first-order chi connectivity index (χ1) is 16.8. The fourth-order valence-corrected chi connectivity index (χ4v) is 5.04. The predicted molar refractivity (Wildman–Crippen MR) is 137 cm³/mol. The van der Waals surface area contributed by atoms with Crippen molar-refractivity contribution in [1.29, 1.82) is 0 Å². The monoisotopic (exact) mass is 528 g/mol. The molecule has 0 amide bonds. The fourth-order valence-electron chi connectivity index (χ4n) is 4.28. The summed E-state index contributed by atoms with van der Waals surface area (Å²) < 4.78 is 27.0. The molecule has 2 aliphatic rings.